The second-order valence-electron chi connectivity index (χ2n) is 6.68. The Labute approximate surface area is 161 Å². The third-order valence-corrected chi connectivity index (χ3v) is 6.06. The van der Waals surface area contributed by atoms with Gasteiger partial charge in [0.25, 0.3) is 0 Å². The van der Waals surface area contributed by atoms with Crippen LogP contribution in [0, 0.1) is 6.92 Å². The van der Waals surface area contributed by atoms with Gasteiger partial charge in [0.2, 0.25) is 6.23 Å². The van der Waals surface area contributed by atoms with Gasteiger partial charge in [-0.25, -0.2) is 5.01 Å². The molecular weight excluding hydrogens is 364 g/mol. The van der Waals surface area contributed by atoms with Crippen LogP contribution in [0.1, 0.15) is 40.3 Å². The van der Waals surface area contributed by atoms with Crippen molar-refractivity contribution in [3.8, 4) is 5.75 Å². The summed E-state index contributed by atoms with van der Waals surface area (Å²) in [6.07, 6.45) is 0.651. The zero-order valence-electron chi connectivity index (χ0n) is 14.2. The number of aryl methyl sites for hydroxylation is 1. The zero-order valence-corrected chi connectivity index (χ0v) is 15.8. The first kappa shape index (κ1) is 15.9. The van der Waals surface area contributed by atoms with Gasteiger partial charge in [0.1, 0.15) is 5.75 Å². The molecule has 0 spiro atoms. The van der Waals surface area contributed by atoms with Crippen LogP contribution in [0.25, 0.3) is 0 Å². The Morgan fingerprint density at radius 3 is 2.77 bits per heavy atom. The van der Waals surface area contributed by atoms with E-state index in [4.69, 9.17) is 21.4 Å². The average molecular weight is 381 g/mol. The van der Waals surface area contributed by atoms with E-state index in [2.05, 4.69) is 53.7 Å². The van der Waals surface area contributed by atoms with Crippen molar-refractivity contribution in [2.45, 2.75) is 25.6 Å². The van der Waals surface area contributed by atoms with E-state index < -0.39 is 0 Å². The molecule has 0 saturated carbocycles. The first-order valence-electron chi connectivity index (χ1n) is 8.61. The summed E-state index contributed by atoms with van der Waals surface area (Å²) in [7, 11) is 0. The molecule has 3 aromatic rings. The number of thiophene rings is 1. The van der Waals surface area contributed by atoms with E-state index in [0.29, 0.717) is 0 Å². The second-order valence-corrected chi connectivity index (χ2v) is 8.10. The van der Waals surface area contributed by atoms with Crippen LogP contribution < -0.4 is 4.74 Å². The molecule has 0 radical (unpaired) electrons. The molecule has 130 valence electrons. The standard InChI is InChI=1S/C21H17ClN2OS/c1-13-4-6-14(7-5-13)17-12-18-16-11-15(22)8-9-19(16)25-21(24(18)23-17)20-3-2-10-26-20/h2-11,18,21H,12H2,1H3/t18-,21+/m1/s1. The van der Waals surface area contributed by atoms with Gasteiger partial charge in [0, 0.05) is 17.0 Å². The maximum absolute atomic E-state index is 6.32. The number of hydrazone groups is 1. The van der Waals surface area contributed by atoms with Crippen molar-refractivity contribution in [2.24, 2.45) is 5.10 Å². The van der Waals surface area contributed by atoms with Crippen LogP contribution in [0.15, 0.2) is 65.1 Å². The van der Waals surface area contributed by atoms with Gasteiger partial charge < -0.3 is 4.74 Å². The number of ether oxygens (including phenoxy) is 1. The number of halogens is 1. The molecule has 5 heteroatoms. The Morgan fingerprint density at radius 2 is 2.00 bits per heavy atom. The minimum atomic E-state index is -0.198. The molecule has 26 heavy (non-hydrogen) atoms. The van der Waals surface area contributed by atoms with Crippen molar-refractivity contribution in [2.75, 3.05) is 0 Å². The molecule has 0 bridgehead atoms. The molecule has 2 aliphatic heterocycles. The van der Waals surface area contributed by atoms with Crippen molar-refractivity contribution >= 4 is 28.6 Å². The monoisotopic (exact) mass is 380 g/mol. The Bertz CT molecular complexity index is 982. The molecule has 0 fully saturated rings. The highest BCUT2D eigenvalue weighted by Gasteiger charge is 2.41. The van der Waals surface area contributed by atoms with Gasteiger partial charge >= 0.3 is 0 Å². The van der Waals surface area contributed by atoms with Gasteiger partial charge in [0.05, 0.1) is 16.6 Å². The van der Waals surface area contributed by atoms with Crippen molar-refractivity contribution in [3.05, 3.63) is 86.6 Å². The summed E-state index contributed by atoms with van der Waals surface area (Å²) < 4.78 is 6.32. The molecule has 0 saturated heterocycles. The fraction of sp³-hybridized carbons (Fsp3) is 0.190. The maximum atomic E-state index is 6.32. The number of benzene rings is 2. The van der Waals surface area contributed by atoms with Crippen LogP contribution in [0.4, 0.5) is 0 Å². The number of hydrogen-bond acceptors (Lipinski definition) is 4. The predicted octanol–water partition coefficient (Wildman–Crippen LogP) is 5.95. The quantitative estimate of drug-likeness (QED) is 0.548. The zero-order chi connectivity index (χ0) is 17.7. The topological polar surface area (TPSA) is 24.8 Å². The van der Waals surface area contributed by atoms with E-state index in [-0.39, 0.29) is 12.3 Å². The van der Waals surface area contributed by atoms with Gasteiger partial charge in [-0.05, 0) is 42.1 Å². The lowest BCUT2D eigenvalue weighted by molar-refractivity contribution is -0.0165. The fourth-order valence-electron chi connectivity index (χ4n) is 3.60. The fourth-order valence-corrected chi connectivity index (χ4v) is 4.52. The summed E-state index contributed by atoms with van der Waals surface area (Å²) in [5.41, 5.74) is 4.62. The van der Waals surface area contributed by atoms with Crippen molar-refractivity contribution in [3.63, 3.8) is 0 Å². The molecule has 2 aliphatic rings. The molecular formula is C21H17ClN2OS. The number of nitrogens with zero attached hydrogens (tertiary/aromatic N) is 2. The smallest absolute Gasteiger partial charge is 0.222 e. The van der Waals surface area contributed by atoms with E-state index in [1.165, 1.54) is 11.1 Å². The highest BCUT2D eigenvalue weighted by atomic mass is 35.5. The third kappa shape index (κ3) is 2.61. The molecule has 1 aromatic heterocycles. The minimum absolute atomic E-state index is 0.140. The van der Waals surface area contributed by atoms with Crippen molar-refractivity contribution in [1.29, 1.82) is 0 Å². The van der Waals surface area contributed by atoms with Crippen LogP contribution in [0.3, 0.4) is 0 Å². The molecule has 0 amide bonds. The van der Waals surface area contributed by atoms with E-state index in [0.717, 1.165) is 33.3 Å². The summed E-state index contributed by atoms with van der Waals surface area (Å²) in [5, 5.41) is 9.86. The Kier molecular flexibility index (Phi) is 3.76. The molecule has 5 rings (SSSR count). The third-order valence-electron chi connectivity index (χ3n) is 4.92. The van der Waals surface area contributed by atoms with Crippen LogP contribution in [-0.2, 0) is 0 Å². The van der Waals surface area contributed by atoms with E-state index in [1.54, 1.807) is 11.3 Å². The van der Waals surface area contributed by atoms with Gasteiger partial charge in [-0.15, -0.1) is 11.3 Å². The number of rotatable bonds is 2. The summed E-state index contributed by atoms with van der Waals surface area (Å²) in [5.74, 6) is 0.898. The molecule has 3 nitrogen and oxygen atoms in total. The summed E-state index contributed by atoms with van der Waals surface area (Å²) >= 11 is 7.96. The second kappa shape index (κ2) is 6.15. The van der Waals surface area contributed by atoms with Crippen LogP contribution in [-0.4, -0.2) is 10.7 Å². The lowest BCUT2D eigenvalue weighted by Gasteiger charge is -2.37. The van der Waals surface area contributed by atoms with Gasteiger partial charge in [-0.2, -0.15) is 5.10 Å². The Hall–Kier alpha value is -2.30. The Morgan fingerprint density at radius 1 is 1.15 bits per heavy atom. The Balaban J connectivity index is 1.60. The first-order valence-corrected chi connectivity index (χ1v) is 9.87. The van der Waals surface area contributed by atoms with Gasteiger partial charge in [-0.3, -0.25) is 0 Å². The summed E-state index contributed by atoms with van der Waals surface area (Å²) in [6.45, 7) is 2.10. The van der Waals surface area contributed by atoms with Gasteiger partial charge in [-0.1, -0.05) is 47.5 Å². The first-order chi connectivity index (χ1) is 12.7. The lowest BCUT2D eigenvalue weighted by atomic mass is 9.96. The predicted molar refractivity (Wildman–Crippen MR) is 106 cm³/mol. The number of fused-ring (bicyclic) bond motifs is 3. The SMILES string of the molecule is Cc1ccc(C2=NN3[C@H](C2)c2cc(Cl)ccc2O[C@H]3c2cccs2)cc1. The molecule has 3 heterocycles. The van der Waals surface area contributed by atoms with Crippen LogP contribution >= 0.6 is 22.9 Å². The molecule has 0 aliphatic carbocycles. The average Bonchev–Trinajstić information content (AvgIpc) is 3.32. The van der Waals surface area contributed by atoms with E-state index in [9.17, 15) is 0 Å². The molecule has 0 unspecified atom stereocenters. The largest absolute Gasteiger partial charge is 0.464 e. The van der Waals surface area contributed by atoms with Crippen LogP contribution in [0.5, 0.6) is 5.75 Å². The maximum Gasteiger partial charge on any atom is 0.222 e. The van der Waals surface area contributed by atoms with Crippen LogP contribution in [0.2, 0.25) is 5.02 Å². The summed E-state index contributed by atoms with van der Waals surface area (Å²) in [6, 6.07) is 18.7. The summed E-state index contributed by atoms with van der Waals surface area (Å²) in [4.78, 5) is 1.16. The molecule has 0 N–H and O–H groups in total. The highest BCUT2D eigenvalue weighted by Crippen LogP contribution is 2.48. The highest BCUT2D eigenvalue weighted by molar-refractivity contribution is 7.10. The molecule has 2 aromatic carbocycles. The lowest BCUT2D eigenvalue weighted by Crippen LogP contribution is -2.33. The van der Waals surface area contributed by atoms with Crippen molar-refractivity contribution < 1.29 is 4.74 Å². The van der Waals surface area contributed by atoms with Crippen molar-refractivity contribution in [1.82, 2.24) is 5.01 Å². The normalized spacial score (nSPS) is 21.0. The van der Waals surface area contributed by atoms with E-state index >= 15 is 0 Å². The van der Waals surface area contributed by atoms with Gasteiger partial charge in [0.15, 0.2) is 0 Å². The number of hydrogen-bond donors (Lipinski definition) is 0. The minimum Gasteiger partial charge on any atom is -0.464 e. The van der Waals surface area contributed by atoms with E-state index in [1.807, 2.05) is 18.2 Å². The molecule has 2 atom stereocenters.